The zero-order valence-corrected chi connectivity index (χ0v) is 27.0. The molecule has 0 spiro atoms. The Hall–Kier alpha value is -5.05. The van der Waals surface area contributed by atoms with Crippen LogP contribution in [-0.4, -0.2) is 45.9 Å². The molecule has 0 saturated carbocycles. The number of rotatable bonds is 14. The molecule has 2 aromatic heterocycles. The van der Waals surface area contributed by atoms with Crippen molar-refractivity contribution in [1.82, 2.24) is 15.3 Å². The molecule has 0 aliphatic heterocycles. The number of pyridine rings is 2. The van der Waals surface area contributed by atoms with Gasteiger partial charge in [0.2, 0.25) is 5.91 Å². The zero-order valence-electron chi connectivity index (χ0n) is 26.2. The van der Waals surface area contributed by atoms with Crippen LogP contribution in [0.4, 0.5) is 0 Å². The second-order valence-corrected chi connectivity index (χ2v) is 12.1. The number of aliphatic hydroxyl groups is 1. The molecule has 0 aliphatic rings. The van der Waals surface area contributed by atoms with E-state index in [0.29, 0.717) is 17.1 Å². The summed E-state index contributed by atoms with van der Waals surface area (Å²) in [7, 11) is 1.30. The van der Waals surface area contributed by atoms with Gasteiger partial charge in [0.15, 0.2) is 0 Å². The molecule has 47 heavy (non-hydrogen) atoms. The Morgan fingerprint density at radius 3 is 1.91 bits per heavy atom. The molecule has 2 heterocycles. The van der Waals surface area contributed by atoms with E-state index in [2.05, 4.69) is 88.1 Å². The Bertz CT molecular complexity index is 1690. The van der Waals surface area contributed by atoms with Crippen molar-refractivity contribution in [1.29, 1.82) is 0 Å². The highest BCUT2D eigenvalue weighted by Gasteiger charge is 2.36. The number of allylic oxidation sites excluding steroid dienone is 1. The van der Waals surface area contributed by atoms with Crippen LogP contribution in [0.1, 0.15) is 45.7 Å². The largest absolute Gasteiger partial charge is 0.464 e. The SMILES string of the molecule is COC(=O)c1cccc(-c2cccc(CNC(=O)C[C@H](O)/C=C/CCSC(c3ccccc3)(c3ccccc3)c3ccccc3)n2)n1. The molecule has 5 aromatic rings. The molecule has 0 saturated heterocycles. The first-order valence-corrected chi connectivity index (χ1v) is 16.4. The summed E-state index contributed by atoms with van der Waals surface area (Å²) in [5.74, 6) is -0.0138. The molecule has 8 heteroatoms. The average Bonchev–Trinajstić information content (AvgIpc) is 3.13. The summed E-state index contributed by atoms with van der Waals surface area (Å²) >= 11 is 1.86. The Kier molecular flexibility index (Phi) is 11.7. The summed E-state index contributed by atoms with van der Waals surface area (Å²) in [5, 5.41) is 13.4. The van der Waals surface area contributed by atoms with E-state index in [4.69, 9.17) is 4.74 Å². The maximum absolute atomic E-state index is 12.6. The van der Waals surface area contributed by atoms with Gasteiger partial charge in [-0.3, -0.25) is 4.79 Å². The quantitative estimate of drug-likeness (QED) is 0.0583. The summed E-state index contributed by atoms with van der Waals surface area (Å²) in [6, 6.07) is 42.1. The predicted molar refractivity (Wildman–Crippen MR) is 187 cm³/mol. The van der Waals surface area contributed by atoms with Crippen molar-refractivity contribution in [2.24, 2.45) is 0 Å². The molecule has 7 nitrogen and oxygen atoms in total. The van der Waals surface area contributed by atoms with E-state index >= 15 is 0 Å². The highest BCUT2D eigenvalue weighted by atomic mass is 32.2. The van der Waals surface area contributed by atoms with Gasteiger partial charge in [0.1, 0.15) is 5.69 Å². The molecule has 1 amide bonds. The summed E-state index contributed by atoms with van der Waals surface area (Å²) in [4.78, 5) is 33.4. The van der Waals surface area contributed by atoms with Gasteiger partial charge in [-0.2, -0.15) is 0 Å². The molecule has 0 aliphatic carbocycles. The van der Waals surface area contributed by atoms with E-state index < -0.39 is 16.8 Å². The van der Waals surface area contributed by atoms with E-state index in [9.17, 15) is 14.7 Å². The van der Waals surface area contributed by atoms with Crippen LogP contribution in [-0.2, 0) is 20.8 Å². The topological polar surface area (TPSA) is 101 Å². The predicted octanol–water partition coefficient (Wildman–Crippen LogP) is 6.97. The van der Waals surface area contributed by atoms with Crippen LogP contribution in [0.3, 0.4) is 0 Å². The van der Waals surface area contributed by atoms with Crippen molar-refractivity contribution < 1.29 is 19.4 Å². The van der Waals surface area contributed by atoms with Crippen molar-refractivity contribution in [3.63, 3.8) is 0 Å². The molecule has 0 fully saturated rings. The van der Waals surface area contributed by atoms with E-state index in [-0.39, 0.29) is 24.6 Å². The van der Waals surface area contributed by atoms with Gasteiger partial charge in [0.05, 0.1) is 48.0 Å². The van der Waals surface area contributed by atoms with Crippen LogP contribution < -0.4 is 5.32 Å². The second kappa shape index (κ2) is 16.5. The normalized spacial score (nSPS) is 12.0. The first-order valence-electron chi connectivity index (χ1n) is 15.4. The number of amides is 1. The zero-order chi connectivity index (χ0) is 32.9. The molecule has 0 bridgehead atoms. The van der Waals surface area contributed by atoms with Crippen LogP contribution in [0.5, 0.6) is 0 Å². The van der Waals surface area contributed by atoms with Crippen molar-refractivity contribution in [3.05, 3.63) is 168 Å². The number of ether oxygens (including phenoxy) is 1. The van der Waals surface area contributed by atoms with Gasteiger partial charge in [-0.25, -0.2) is 14.8 Å². The summed E-state index contributed by atoms with van der Waals surface area (Å²) in [6.07, 6.45) is 3.38. The number of nitrogens with one attached hydrogen (secondary N) is 1. The van der Waals surface area contributed by atoms with Crippen molar-refractivity contribution >= 4 is 23.6 Å². The minimum absolute atomic E-state index is 0.0615. The lowest BCUT2D eigenvalue weighted by atomic mass is 9.84. The summed E-state index contributed by atoms with van der Waals surface area (Å²) in [6.45, 7) is 0.191. The fourth-order valence-electron chi connectivity index (χ4n) is 5.34. The lowest BCUT2D eigenvalue weighted by Gasteiger charge is -2.35. The number of benzene rings is 3. The van der Waals surface area contributed by atoms with Gasteiger partial charge in [0.25, 0.3) is 0 Å². The van der Waals surface area contributed by atoms with Gasteiger partial charge in [0, 0.05) is 0 Å². The van der Waals surface area contributed by atoms with Gasteiger partial charge in [-0.1, -0.05) is 115 Å². The first kappa shape index (κ1) is 33.3. The third kappa shape index (κ3) is 8.61. The number of methoxy groups -OCH3 is 1. The first-order chi connectivity index (χ1) is 23.0. The van der Waals surface area contributed by atoms with E-state index in [1.165, 1.54) is 23.8 Å². The second-order valence-electron chi connectivity index (χ2n) is 10.8. The number of aromatic nitrogens is 2. The molecule has 2 N–H and O–H groups in total. The van der Waals surface area contributed by atoms with Crippen LogP contribution >= 0.6 is 11.8 Å². The van der Waals surface area contributed by atoms with Crippen LogP contribution in [0.2, 0.25) is 0 Å². The monoisotopic (exact) mass is 643 g/mol. The smallest absolute Gasteiger partial charge is 0.356 e. The number of carbonyl (C=O) groups excluding carboxylic acids is 2. The highest BCUT2D eigenvalue weighted by Crippen LogP contribution is 2.48. The molecular formula is C39H37N3O4S. The summed E-state index contributed by atoms with van der Waals surface area (Å²) < 4.78 is 4.35. The molecule has 1 atom stereocenters. The van der Waals surface area contributed by atoms with Gasteiger partial charge < -0.3 is 15.2 Å². The third-order valence-corrected chi connectivity index (χ3v) is 9.16. The number of aliphatic hydroxyl groups excluding tert-OH is 1. The molecule has 3 aromatic carbocycles. The van der Waals surface area contributed by atoms with Crippen molar-refractivity contribution in [2.75, 3.05) is 12.9 Å². The number of hydrogen-bond acceptors (Lipinski definition) is 7. The number of esters is 1. The maximum atomic E-state index is 12.6. The number of hydrogen-bond donors (Lipinski definition) is 2. The van der Waals surface area contributed by atoms with E-state index in [0.717, 1.165) is 12.2 Å². The molecule has 5 rings (SSSR count). The van der Waals surface area contributed by atoms with E-state index in [1.807, 2.05) is 42.1 Å². The Morgan fingerprint density at radius 2 is 1.34 bits per heavy atom. The fraction of sp³-hybridized carbons (Fsp3) is 0.179. The molecule has 238 valence electrons. The van der Waals surface area contributed by atoms with Crippen LogP contribution in [0.15, 0.2) is 140 Å². The standard InChI is InChI=1S/C39H37N3O4S/c1-46-38(45)36-25-14-24-35(42-36)34-23-13-21-32(41-34)28-40-37(44)27-33(43)22-11-12-26-47-39(29-15-5-2-6-16-29,30-17-7-3-8-18-30)31-19-9-4-10-20-31/h2-11,13-25,33,43H,12,26-28H2,1H3,(H,40,44)/b22-11+/t33-/m1/s1. The van der Waals surface area contributed by atoms with Gasteiger partial charge >= 0.3 is 5.97 Å². The fourth-order valence-corrected chi connectivity index (χ4v) is 6.81. The Balaban J connectivity index is 1.17. The number of thioether (sulfide) groups is 1. The van der Waals surface area contributed by atoms with E-state index in [1.54, 1.807) is 36.4 Å². The number of carbonyl (C=O) groups is 2. The van der Waals surface area contributed by atoms with Crippen LogP contribution in [0, 0.1) is 0 Å². The van der Waals surface area contributed by atoms with Crippen LogP contribution in [0.25, 0.3) is 11.4 Å². The minimum Gasteiger partial charge on any atom is -0.464 e. The highest BCUT2D eigenvalue weighted by molar-refractivity contribution is 8.00. The van der Waals surface area contributed by atoms with Gasteiger partial charge in [-0.05, 0) is 53.1 Å². The molecule has 0 unspecified atom stereocenters. The molecular weight excluding hydrogens is 607 g/mol. The minimum atomic E-state index is -0.910. The Morgan fingerprint density at radius 1 is 0.787 bits per heavy atom. The Labute approximate surface area is 279 Å². The lowest BCUT2D eigenvalue weighted by molar-refractivity contribution is -0.122. The van der Waals surface area contributed by atoms with Crippen molar-refractivity contribution in [3.8, 4) is 11.4 Å². The molecule has 0 radical (unpaired) electrons. The van der Waals surface area contributed by atoms with Crippen molar-refractivity contribution in [2.45, 2.75) is 30.2 Å². The van der Waals surface area contributed by atoms with Gasteiger partial charge in [-0.15, -0.1) is 11.8 Å². The lowest BCUT2D eigenvalue weighted by Crippen LogP contribution is -2.26. The summed E-state index contributed by atoms with van der Waals surface area (Å²) in [5.41, 5.74) is 5.51. The maximum Gasteiger partial charge on any atom is 0.356 e. The third-order valence-electron chi connectivity index (χ3n) is 7.58. The average molecular weight is 644 g/mol. The number of nitrogens with zero attached hydrogens (tertiary/aromatic N) is 2.